The second-order valence-corrected chi connectivity index (χ2v) is 9.77. The summed E-state index contributed by atoms with van der Waals surface area (Å²) in [6.45, 7) is 6.62. The number of H-pyrrole nitrogens is 1. The van der Waals surface area contributed by atoms with Gasteiger partial charge in [0.15, 0.2) is 5.11 Å². The minimum absolute atomic E-state index is 0.551. The van der Waals surface area contributed by atoms with E-state index in [1.807, 2.05) is 24.3 Å². The van der Waals surface area contributed by atoms with Crippen LogP contribution in [0.15, 0.2) is 57.6 Å². The summed E-state index contributed by atoms with van der Waals surface area (Å²) >= 11 is 12.6. The first-order valence-electron chi connectivity index (χ1n) is 9.99. The van der Waals surface area contributed by atoms with E-state index in [1.54, 1.807) is 0 Å². The zero-order valence-corrected chi connectivity index (χ0v) is 20.9. The fourth-order valence-corrected chi connectivity index (χ4v) is 4.71. The van der Waals surface area contributed by atoms with Crippen LogP contribution in [0.2, 0.25) is 0 Å². The van der Waals surface area contributed by atoms with E-state index in [2.05, 4.69) is 90.6 Å². The SMILES string of the molecule is CC(C)N1CC=C(c2c[nH]c3ccc(NC(=S)Nc4cccc(Br)c4Br)cc23)CC1. The number of anilines is 2. The van der Waals surface area contributed by atoms with Gasteiger partial charge in [0.25, 0.3) is 0 Å². The summed E-state index contributed by atoms with van der Waals surface area (Å²) in [5.41, 5.74) is 5.70. The van der Waals surface area contributed by atoms with Crippen LogP contribution < -0.4 is 10.6 Å². The number of hydrogen-bond donors (Lipinski definition) is 3. The molecule has 1 aliphatic heterocycles. The number of nitrogens with one attached hydrogen (secondary N) is 3. The van der Waals surface area contributed by atoms with Gasteiger partial charge in [-0.1, -0.05) is 12.1 Å². The van der Waals surface area contributed by atoms with E-state index in [4.69, 9.17) is 12.2 Å². The van der Waals surface area contributed by atoms with Crippen LogP contribution in [0.4, 0.5) is 11.4 Å². The highest BCUT2D eigenvalue weighted by atomic mass is 79.9. The topological polar surface area (TPSA) is 43.1 Å². The van der Waals surface area contributed by atoms with Crippen LogP contribution in [-0.2, 0) is 0 Å². The zero-order chi connectivity index (χ0) is 21.3. The lowest BCUT2D eigenvalue weighted by molar-refractivity contribution is 0.245. The van der Waals surface area contributed by atoms with Gasteiger partial charge in [-0.25, -0.2) is 0 Å². The van der Waals surface area contributed by atoms with Crippen LogP contribution in [-0.4, -0.2) is 34.1 Å². The van der Waals surface area contributed by atoms with Gasteiger partial charge in [-0.3, -0.25) is 4.90 Å². The van der Waals surface area contributed by atoms with Gasteiger partial charge in [0.05, 0.1) is 10.2 Å². The molecule has 3 aromatic rings. The van der Waals surface area contributed by atoms with Gasteiger partial charge in [0.2, 0.25) is 0 Å². The first kappa shape index (κ1) is 21.6. The molecule has 0 saturated carbocycles. The van der Waals surface area contributed by atoms with Gasteiger partial charge >= 0.3 is 0 Å². The molecule has 7 heteroatoms. The number of halogens is 2. The summed E-state index contributed by atoms with van der Waals surface area (Å²) in [6, 6.07) is 12.8. The minimum atomic E-state index is 0.551. The summed E-state index contributed by atoms with van der Waals surface area (Å²) in [4.78, 5) is 5.91. The highest BCUT2D eigenvalue weighted by molar-refractivity contribution is 9.13. The fourth-order valence-electron chi connectivity index (χ4n) is 3.75. The zero-order valence-electron chi connectivity index (χ0n) is 16.9. The molecule has 0 unspecified atom stereocenters. The Labute approximate surface area is 199 Å². The smallest absolute Gasteiger partial charge is 0.175 e. The molecule has 0 amide bonds. The highest BCUT2D eigenvalue weighted by Gasteiger charge is 2.17. The van der Waals surface area contributed by atoms with Crippen LogP contribution in [0.5, 0.6) is 0 Å². The monoisotopic (exact) mass is 546 g/mol. The standard InChI is InChI=1S/C23H24Br2N4S/c1-14(2)29-10-8-15(9-11-29)18-13-26-20-7-6-16(12-17(18)20)27-23(30)28-21-5-3-4-19(24)22(21)25/h3-8,12-14,26H,9-11H2,1-2H3,(H2,27,28,30). The lowest BCUT2D eigenvalue weighted by Crippen LogP contribution is -2.34. The van der Waals surface area contributed by atoms with Crippen molar-refractivity contribution in [2.45, 2.75) is 26.3 Å². The second-order valence-electron chi connectivity index (χ2n) is 7.71. The number of thiocarbonyl (C=S) groups is 1. The Morgan fingerprint density at radius 3 is 2.73 bits per heavy atom. The van der Waals surface area contributed by atoms with E-state index in [1.165, 1.54) is 16.5 Å². The van der Waals surface area contributed by atoms with Crippen molar-refractivity contribution in [1.82, 2.24) is 9.88 Å². The van der Waals surface area contributed by atoms with Crippen LogP contribution in [0.25, 0.3) is 16.5 Å². The number of aromatic amines is 1. The Bertz CT molecular complexity index is 1120. The van der Waals surface area contributed by atoms with Gasteiger partial charge in [-0.05, 0) is 100 Å². The molecule has 0 spiro atoms. The van der Waals surface area contributed by atoms with E-state index in [-0.39, 0.29) is 0 Å². The van der Waals surface area contributed by atoms with Gasteiger partial charge in [0.1, 0.15) is 0 Å². The first-order chi connectivity index (χ1) is 14.4. The summed E-state index contributed by atoms with van der Waals surface area (Å²) in [6.07, 6.45) is 5.56. The van der Waals surface area contributed by atoms with Crippen LogP contribution in [0, 0.1) is 0 Å². The Hall–Kier alpha value is -1.67. The van der Waals surface area contributed by atoms with E-state index < -0.39 is 0 Å². The molecule has 0 radical (unpaired) electrons. The molecule has 0 bridgehead atoms. The molecule has 2 aromatic carbocycles. The quantitative estimate of drug-likeness (QED) is 0.308. The van der Waals surface area contributed by atoms with E-state index in [0.29, 0.717) is 11.2 Å². The molecule has 4 nitrogen and oxygen atoms in total. The molecule has 30 heavy (non-hydrogen) atoms. The summed E-state index contributed by atoms with van der Waals surface area (Å²) in [5, 5.41) is 8.34. The number of benzene rings is 2. The largest absolute Gasteiger partial charge is 0.361 e. The Morgan fingerprint density at radius 1 is 1.17 bits per heavy atom. The molecule has 2 heterocycles. The number of hydrogen-bond acceptors (Lipinski definition) is 2. The third kappa shape index (κ3) is 4.64. The molecule has 0 fully saturated rings. The fraction of sp³-hybridized carbons (Fsp3) is 0.261. The number of rotatable bonds is 4. The molecule has 0 atom stereocenters. The summed E-state index contributed by atoms with van der Waals surface area (Å²) < 4.78 is 1.92. The Kier molecular flexibility index (Phi) is 6.63. The van der Waals surface area contributed by atoms with Crippen molar-refractivity contribution in [1.29, 1.82) is 0 Å². The van der Waals surface area contributed by atoms with Crippen LogP contribution in [0.1, 0.15) is 25.8 Å². The van der Waals surface area contributed by atoms with Crippen molar-refractivity contribution in [3.8, 4) is 0 Å². The third-order valence-electron chi connectivity index (χ3n) is 5.46. The van der Waals surface area contributed by atoms with Gasteiger partial charge in [0, 0.05) is 52.0 Å². The third-order valence-corrected chi connectivity index (χ3v) is 7.71. The van der Waals surface area contributed by atoms with Crippen molar-refractivity contribution < 1.29 is 0 Å². The van der Waals surface area contributed by atoms with Gasteiger partial charge in [-0.2, -0.15) is 0 Å². The average Bonchev–Trinajstić information content (AvgIpc) is 3.14. The van der Waals surface area contributed by atoms with Crippen LogP contribution >= 0.6 is 44.1 Å². The highest BCUT2D eigenvalue weighted by Crippen LogP contribution is 2.32. The lowest BCUT2D eigenvalue weighted by Gasteiger charge is -2.29. The van der Waals surface area contributed by atoms with Crippen LogP contribution in [0.3, 0.4) is 0 Å². The van der Waals surface area contributed by atoms with Gasteiger partial charge < -0.3 is 15.6 Å². The average molecular weight is 548 g/mol. The Balaban J connectivity index is 1.53. The van der Waals surface area contributed by atoms with E-state index in [9.17, 15) is 0 Å². The molecule has 1 aromatic heterocycles. The maximum Gasteiger partial charge on any atom is 0.175 e. The Morgan fingerprint density at radius 2 is 2.00 bits per heavy atom. The number of fused-ring (bicyclic) bond motifs is 1. The number of aromatic nitrogens is 1. The van der Waals surface area contributed by atoms with Gasteiger partial charge in [-0.15, -0.1) is 0 Å². The van der Waals surface area contributed by atoms with E-state index >= 15 is 0 Å². The van der Waals surface area contributed by atoms with Crippen molar-refractivity contribution in [2.75, 3.05) is 23.7 Å². The molecule has 3 N–H and O–H groups in total. The maximum atomic E-state index is 5.54. The molecule has 156 valence electrons. The van der Waals surface area contributed by atoms with Crippen molar-refractivity contribution in [3.05, 3.63) is 63.2 Å². The molecule has 0 saturated heterocycles. The molecular weight excluding hydrogens is 524 g/mol. The molecular formula is C23H24Br2N4S. The lowest BCUT2D eigenvalue weighted by atomic mass is 9.98. The maximum absolute atomic E-state index is 5.54. The normalized spacial score (nSPS) is 14.8. The predicted octanol–water partition coefficient (Wildman–Crippen LogP) is 7.00. The molecule has 4 rings (SSSR count). The number of nitrogens with zero attached hydrogens (tertiary/aromatic N) is 1. The summed E-state index contributed by atoms with van der Waals surface area (Å²) in [5.74, 6) is 0. The first-order valence-corrected chi connectivity index (χ1v) is 12.0. The van der Waals surface area contributed by atoms with Crippen molar-refractivity contribution >= 4 is 77.0 Å². The molecule has 1 aliphatic rings. The summed E-state index contributed by atoms with van der Waals surface area (Å²) in [7, 11) is 0. The molecule has 0 aliphatic carbocycles. The second kappa shape index (κ2) is 9.22. The minimum Gasteiger partial charge on any atom is -0.361 e. The van der Waals surface area contributed by atoms with E-state index in [0.717, 1.165) is 45.3 Å². The van der Waals surface area contributed by atoms with Crippen molar-refractivity contribution in [2.24, 2.45) is 0 Å². The predicted molar refractivity (Wildman–Crippen MR) is 139 cm³/mol. The van der Waals surface area contributed by atoms with Crippen molar-refractivity contribution in [3.63, 3.8) is 0 Å².